The second-order valence-corrected chi connectivity index (χ2v) is 11.8. The Hall–Kier alpha value is -1.34. The number of sulfone groups is 1. The highest BCUT2D eigenvalue weighted by atomic mass is 32.2. The predicted octanol–water partition coefficient (Wildman–Crippen LogP) is 2.51. The van der Waals surface area contributed by atoms with Crippen molar-refractivity contribution in [1.29, 1.82) is 0 Å². The molecule has 2 bridgehead atoms. The molecule has 1 aromatic carbocycles. The van der Waals surface area contributed by atoms with Gasteiger partial charge in [-0.3, -0.25) is 4.79 Å². The van der Waals surface area contributed by atoms with Gasteiger partial charge in [0.2, 0.25) is 0 Å². The highest BCUT2D eigenvalue weighted by Gasteiger charge is 2.54. The molecule has 7 heteroatoms. The molecule has 4 fully saturated rings. The van der Waals surface area contributed by atoms with Crippen molar-refractivity contribution in [2.75, 3.05) is 11.5 Å². The molecule has 2 aliphatic heterocycles. The molecule has 1 aromatic rings. The van der Waals surface area contributed by atoms with E-state index < -0.39 is 9.84 Å². The summed E-state index contributed by atoms with van der Waals surface area (Å²) in [6.07, 6.45) is 5.20. The number of thioether (sulfide) groups is 1. The molecule has 27 heavy (non-hydrogen) atoms. The van der Waals surface area contributed by atoms with E-state index in [4.69, 9.17) is 0 Å². The first-order valence-electron chi connectivity index (χ1n) is 9.79. The maximum Gasteiger partial charge on any atom is 0.252 e. The predicted molar refractivity (Wildman–Crippen MR) is 107 cm³/mol. The Labute approximate surface area is 164 Å². The summed E-state index contributed by atoms with van der Waals surface area (Å²) in [6.45, 7) is 0. The number of nitrogens with zero attached hydrogens (tertiary/aromatic N) is 2. The van der Waals surface area contributed by atoms with Crippen molar-refractivity contribution in [3.63, 3.8) is 0 Å². The third kappa shape index (κ3) is 3.33. The molecule has 2 saturated carbocycles. The van der Waals surface area contributed by atoms with Crippen molar-refractivity contribution >= 4 is 32.7 Å². The van der Waals surface area contributed by atoms with Crippen molar-refractivity contribution in [3.05, 3.63) is 35.9 Å². The zero-order valence-electron chi connectivity index (χ0n) is 15.2. The summed E-state index contributed by atoms with van der Waals surface area (Å²) in [4.78, 5) is 19.3. The largest absolute Gasteiger partial charge is 0.343 e. The average molecular weight is 405 g/mol. The van der Waals surface area contributed by atoms with Gasteiger partial charge in [-0.25, -0.2) is 8.42 Å². The molecule has 0 aromatic heterocycles. The van der Waals surface area contributed by atoms with Crippen LogP contribution >= 0.6 is 11.8 Å². The molecule has 2 saturated heterocycles. The summed E-state index contributed by atoms with van der Waals surface area (Å²) in [6, 6.07) is 10.0. The molecule has 0 spiro atoms. The fraction of sp³-hybridized carbons (Fsp3) is 0.600. The van der Waals surface area contributed by atoms with Gasteiger partial charge in [-0.1, -0.05) is 48.5 Å². The molecule has 4 aliphatic rings. The van der Waals surface area contributed by atoms with Gasteiger partial charge < -0.3 is 4.90 Å². The second kappa shape index (κ2) is 6.62. The zero-order valence-corrected chi connectivity index (χ0v) is 16.8. The van der Waals surface area contributed by atoms with E-state index in [1.807, 2.05) is 30.3 Å². The average Bonchev–Trinajstić information content (AvgIpc) is 3.35. The van der Waals surface area contributed by atoms with Crippen LogP contribution in [0.1, 0.15) is 31.2 Å². The molecule has 2 heterocycles. The normalized spacial score (nSPS) is 37.9. The zero-order chi connectivity index (χ0) is 18.6. The highest BCUT2D eigenvalue weighted by molar-refractivity contribution is 8.15. The molecule has 2 aliphatic carbocycles. The van der Waals surface area contributed by atoms with Crippen LogP contribution in [-0.2, 0) is 21.1 Å². The lowest BCUT2D eigenvalue weighted by molar-refractivity contribution is -0.117. The molecule has 0 unspecified atom stereocenters. The SMILES string of the molecule is O=C(Cc1ccccc1)N=C1S[C@H]2CS(=O)(=O)C[C@@H]2N1[C@@H]1C[C@@H]2CC[C@@H]1C2. The highest BCUT2D eigenvalue weighted by Crippen LogP contribution is 2.51. The molecule has 5 rings (SSSR count). The Kier molecular flexibility index (Phi) is 4.35. The number of aliphatic imine (C=N–C) groups is 1. The van der Waals surface area contributed by atoms with E-state index in [2.05, 4.69) is 9.89 Å². The van der Waals surface area contributed by atoms with Crippen LogP contribution in [0.3, 0.4) is 0 Å². The number of rotatable bonds is 3. The number of carbonyl (C=O) groups is 1. The maximum absolute atomic E-state index is 12.6. The number of amidine groups is 1. The Morgan fingerprint density at radius 1 is 1.11 bits per heavy atom. The van der Waals surface area contributed by atoms with Crippen molar-refractivity contribution in [2.45, 2.75) is 49.4 Å². The summed E-state index contributed by atoms with van der Waals surface area (Å²) < 4.78 is 24.4. The minimum atomic E-state index is -2.98. The molecular formula is C20H24N2O3S2. The van der Waals surface area contributed by atoms with Gasteiger partial charge in [-0.05, 0) is 36.7 Å². The van der Waals surface area contributed by atoms with Crippen molar-refractivity contribution in [2.24, 2.45) is 16.8 Å². The molecular weight excluding hydrogens is 380 g/mol. The van der Waals surface area contributed by atoms with Gasteiger partial charge in [0.15, 0.2) is 15.0 Å². The number of fused-ring (bicyclic) bond motifs is 3. The Balaban J connectivity index is 1.41. The lowest BCUT2D eigenvalue weighted by Crippen LogP contribution is -2.47. The van der Waals surface area contributed by atoms with Gasteiger partial charge in [0.1, 0.15) is 0 Å². The molecule has 144 valence electrons. The summed E-state index contributed by atoms with van der Waals surface area (Å²) in [5.41, 5.74) is 0.962. The van der Waals surface area contributed by atoms with Gasteiger partial charge in [0.25, 0.3) is 5.91 Å². The fourth-order valence-electron chi connectivity index (χ4n) is 5.45. The topological polar surface area (TPSA) is 66.8 Å². The number of hydrogen-bond acceptors (Lipinski definition) is 4. The molecule has 5 nitrogen and oxygen atoms in total. The number of hydrogen-bond donors (Lipinski definition) is 0. The molecule has 1 amide bonds. The van der Waals surface area contributed by atoms with E-state index in [0.717, 1.165) is 23.1 Å². The molecule has 0 N–H and O–H groups in total. The van der Waals surface area contributed by atoms with Crippen LogP contribution in [-0.4, -0.2) is 53.2 Å². The van der Waals surface area contributed by atoms with Crippen LogP contribution in [0.2, 0.25) is 0 Å². The summed E-state index contributed by atoms with van der Waals surface area (Å²) in [5.74, 6) is 1.69. The number of benzene rings is 1. The van der Waals surface area contributed by atoms with Crippen molar-refractivity contribution in [1.82, 2.24) is 4.90 Å². The Morgan fingerprint density at radius 2 is 1.93 bits per heavy atom. The molecule has 0 radical (unpaired) electrons. The van der Waals surface area contributed by atoms with Gasteiger partial charge in [0.05, 0.1) is 24.0 Å². The van der Waals surface area contributed by atoms with Gasteiger partial charge >= 0.3 is 0 Å². The van der Waals surface area contributed by atoms with E-state index >= 15 is 0 Å². The number of carbonyl (C=O) groups excluding carboxylic acids is 1. The Morgan fingerprint density at radius 3 is 2.63 bits per heavy atom. The van der Waals surface area contributed by atoms with Crippen LogP contribution in [0, 0.1) is 11.8 Å². The summed E-state index contributed by atoms with van der Waals surface area (Å²) in [7, 11) is -2.98. The summed E-state index contributed by atoms with van der Waals surface area (Å²) >= 11 is 1.52. The summed E-state index contributed by atoms with van der Waals surface area (Å²) in [5, 5.41) is 0.802. The maximum atomic E-state index is 12.6. The fourth-order valence-corrected chi connectivity index (χ4v) is 9.44. The van der Waals surface area contributed by atoms with Crippen LogP contribution in [0.15, 0.2) is 35.3 Å². The quantitative estimate of drug-likeness (QED) is 0.774. The van der Waals surface area contributed by atoms with Crippen molar-refractivity contribution in [3.8, 4) is 0 Å². The Bertz CT molecular complexity index is 884. The van der Waals surface area contributed by atoms with Crippen LogP contribution < -0.4 is 0 Å². The first kappa shape index (κ1) is 17.7. The van der Waals surface area contributed by atoms with E-state index in [9.17, 15) is 13.2 Å². The van der Waals surface area contributed by atoms with Crippen LogP contribution in [0.25, 0.3) is 0 Å². The first-order valence-corrected chi connectivity index (χ1v) is 12.5. The van der Waals surface area contributed by atoms with Crippen molar-refractivity contribution < 1.29 is 13.2 Å². The standard InChI is InChI=1S/C20H24N2O3S2/c23-19(10-13-4-2-1-3-5-13)21-20-22(16-9-14-6-7-15(16)8-14)17-11-27(24,25)12-18(17)26-20/h1-5,14-18H,6-12H2/t14-,15-,16-,17+,18+/m1/s1. The van der Waals surface area contributed by atoms with E-state index in [0.29, 0.717) is 18.4 Å². The van der Waals surface area contributed by atoms with Gasteiger partial charge in [-0.15, -0.1) is 0 Å². The first-order chi connectivity index (χ1) is 13.0. The minimum absolute atomic E-state index is 0.00683. The number of amides is 1. The third-order valence-corrected chi connectivity index (χ3v) is 9.81. The smallest absolute Gasteiger partial charge is 0.252 e. The third-order valence-electron chi connectivity index (χ3n) is 6.58. The lowest BCUT2D eigenvalue weighted by Gasteiger charge is -2.36. The van der Waals surface area contributed by atoms with E-state index in [-0.39, 0.29) is 28.7 Å². The van der Waals surface area contributed by atoms with E-state index in [1.165, 1.54) is 31.0 Å². The second-order valence-electron chi connectivity index (χ2n) is 8.40. The lowest BCUT2D eigenvalue weighted by atomic mass is 9.93. The minimum Gasteiger partial charge on any atom is -0.343 e. The van der Waals surface area contributed by atoms with Gasteiger partial charge in [0, 0.05) is 11.3 Å². The van der Waals surface area contributed by atoms with Gasteiger partial charge in [-0.2, -0.15) is 4.99 Å². The van der Waals surface area contributed by atoms with Crippen LogP contribution in [0.5, 0.6) is 0 Å². The molecule has 5 atom stereocenters. The monoisotopic (exact) mass is 404 g/mol. The van der Waals surface area contributed by atoms with Crippen LogP contribution in [0.4, 0.5) is 0 Å². The van der Waals surface area contributed by atoms with E-state index in [1.54, 1.807) is 0 Å².